The number of ether oxygens (including phenoxy) is 1. The number of aromatic hydroxyl groups is 1. The van der Waals surface area contributed by atoms with Crippen LogP contribution in [0.1, 0.15) is 24.2 Å². The summed E-state index contributed by atoms with van der Waals surface area (Å²) in [5.74, 6) is -0.536. The number of carbonyl (C=O) groups excluding carboxylic acids is 1. The molecule has 4 nitrogen and oxygen atoms in total. The number of hydrogen-bond acceptors (Lipinski definition) is 4. The van der Waals surface area contributed by atoms with E-state index in [2.05, 4.69) is 14.9 Å². The number of para-hydroxylation sites is 1. The highest BCUT2D eigenvalue weighted by molar-refractivity contribution is 5.97. The van der Waals surface area contributed by atoms with Crippen LogP contribution in [0.3, 0.4) is 0 Å². The van der Waals surface area contributed by atoms with Crippen molar-refractivity contribution in [1.29, 1.82) is 0 Å². The lowest BCUT2D eigenvalue weighted by Crippen LogP contribution is -2.04. The van der Waals surface area contributed by atoms with Crippen LogP contribution in [0.4, 0.5) is 0 Å². The summed E-state index contributed by atoms with van der Waals surface area (Å²) in [5, 5.41) is 9.21. The minimum absolute atomic E-state index is 0.0454. The van der Waals surface area contributed by atoms with Gasteiger partial charge in [0.2, 0.25) is 10.5 Å². The normalized spacial score (nSPS) is 8.94. The number of hydrogen-bond donors (Lipinski definition) is 1. The van der Waals surface area contributed by atoms with Crippen molar-refractivity contribution in [3.05, 3.63) is 29.8 Å². The molecule has 0 amide bonds. The molecule has 0 saturated carbocycles. The summed E-state index contributed by atoms with van der Waals surface area (Å²) in [6.07, 6.45) is 0. The largest absolute Gasteiger partial charge is 0.507 e. The number of benzene rings is 1. The Kier molecular flexibility index (Phi) is 8.19. The number of phenolic OH excluding ortho intramolecular Hbond substituents is 1. The van der Waals surface area contributed by atoms with Gasteiger partial charge in [-0.25, -0.2) is 4.79 Å². The lowest BCUT2D eigenvalue weighted by Gasteiger charge is -2.02. The topological polar surface area (TPSA) is 55.8 Å². The first-order chi connectivity index (χ1) is 7.67. The zero-order valence-electron chi connectivity index (χ0n) is 9.40. The first-order valence-electron chi connectivity index (χ1n) is 4.90. The molecule has 0 aliphatic rings. The number of esters is 1. The number of phenols is 1. The third-order valence-electron chi connectivity index (χ3n) is 1.54. The Hall–Kier alpha value is -1.33. The summed E-state index contributed by atoms with van der Waals surface area (Å²) < 4.78 is 9.06. The van der Waals surface area contributed by atoms with Crippen LogP contribution in [0.25, 0.3) is 0 Å². The van der Waals surface area contributed by atoms with E-state index in [4.69, 9.17) is 4.74 Å². The zero-order valence-corrected chi connectivity index (χ0v) is 10.4. The Labute approximate surface area is 98.7 Å². The molecule has 1 rings (SSSR count). The van der Waals surface area contributed by atoms with E-state index >= 15 is 0 Å². The Bertz CT molecular complexity index is 313. The molecule has 0 heterocycles. The highest BCUT2D eigenvalue weighted by atomic mass is 28.2. The predicted molar refractivity (Wildman–Crippen MR) is 61.4 cm³/mol. The fourth-order valence-electron chi connectivity index (χ4n) is 0.855. The van der Waals surface area contributed by atoms with Crippen molar-refractivity contribution in [1.82, 2.24) is 0 Å². The molecule has 0 aromatic heterocycles. The molecular formula is C11H15O4Si. The van der Waals surface area contributed by atoms with Crippen molar-refractivity contribution >= 4 is 16.5 Å². The second-order valence-corrected chi connectivity index (χ2v) is 2.96. The molecule has 1 aromatic rings. The van der Waals surface area contributed by atoms with Gasteiger partial charge in [-0.15, -0.1) is 0 Å². The molecule has 1 aromatic carbocycles. The molecule has 5 heteroatoms. The van der Waals surface area contributed by atoms with Gasteiger partial charge >= 0.3 is 5.97 Å². The average Bonchev–Trinajstić information content (AvgIpc) is 2.30. The maximum absolute atomic E-state index is 11.1. The van der Waals surface area contributed by atoms with Crippen LogP contribution in [0.5, 0.6) is 5.75 Å². The van der Waals surface area contributed by atoms with Gasteiger partial charge in [0.15, 0.2) is 0 Å². The van der Waals surface area contributed by atoms with Gasteiger partial charge in [0.1, 0.15) is 11.3 Å². The van der Waals surface area contributed by atoms with Crippen LogP contribution in [-0.4, -0.2) is 34.8 Å². The Morgan fingerprint density at radius 3 is 2.31 bits per heavy atom. The summed E-state index contributed by atoms with van der Waals surface area (Å²) in [5.41, 5.74) is 0.208. The fraction of sp³-hybridized carbons (Fsp3) is 0.364. The quantitative estimate of drug-likeness (QED) is 0.644. The maximum atomic E-state index is 11.1. The van der Waals surface area contributed by atoms with Gasteiger partial charge in [-0.3, -0.25) is 0 Å². The minimum Gasteiger partial charge on any atom is -0.507 e. The molecule has 87 valence electrons. The summed E-state index contributed by atoms with van der Waals surface area (Å²) in [7, 11) is 2.79. The number of rotatable bonds is 3. The standard InChI is InChI=1S/C9H10O3.C2H5OSi/c1-2-12-9(11)7-5-3-4-6-8(7)10;1-2-3-4/h3-6,10H,2H2,1H3;2H2,1H3. The summed E-state index contributed by atoms with van der Waals surface area (Å²) in [6.45, 7) is 4.68. The molecule has 0 atom stereocenters. The Balaban J connectivity index is 0.000000487. The molecular weight excluding hydrogens is 224 g/mol. The summed E-state index contributed by atoms with van der Waals surface area (Å²) >= 11 is 0. The van der Waals surface area contributed by atoms with Gasteiger partial charge in [0, 0.05) is 6.61 Å². The van der Waals surface area contributed by atoms with Crippen molar-refractivity contribution in [2.75, 3.05) is 13.2 Å². The molecule has 1 N–H and O–H groups in total. The molecule has 0 fully saturated rings. The Morgan fingerprint density at radius 1 is 1.31 bits per heavy atom. The second kappa shape index (κ2) is 8.93. The third-order valence-corrected chi connectivity index (χ3v) is 1.83. The summed E-state index contributed by atoms with van der Waals surface area (Å²) in [4.78, 5) is 11.1. The molecule has 0 bridgehead atoms. The van der Waals surface area contributed by atoms with Crippen LogP contribution >= 0.6 is 0 Å². The van der Waals surface area contributed by atoms with E-state index in [-0.39, 0.29) is 11.3 Å². The molecule has 0 aliphatic carbocycles. The van der Waals surface area contributed by atoms with E-state index in [0.717, 1.165) is 6.61 Å². The van der Waals surface area contributed by atoms with E-state index in [1.807, 2.05) is 6.92 Å². The molecule has 3 radical (unpaired) electrons. The molecule has 0 saturated heterocycles. The smallest absolute Gasteiger partial charge is 0.341 e. The van der Waals surface area contributed by atoms with E-state index in [9.17, 15) is 9.90 Å². The van der Waals surface area contributed by atoms with Crippen molar-refractivity contribution in [2.24, 2.45) is 0 Å². The van der Waals surface area contributed by atoms with Crippen LogP contribution in [0, 0.1) is 0 Å². The minimum atomic E-state index is -0.490. The molecule has 0 unspecified atom stereocenters. The van der Waals surface area contributed by atoms with Crippen molar-refractivity contribution in [2.45, 2.75) is 13.8 Å². The fourth-order valence-corrected chi connectivity index (χ4v) is 0.855. The highest BCUT2D eigenvalue weighted by Gasteiger charge is 2.09. The van der Waals surface area contributed by atoms with Crippen molar-refractivity contribution in [3.8, 4) is 5.75 Å². The van der Waals surface area contributed by atoms with E-state index in [0.29, 0.717) is 6.61 Å². The first kappa shape index (κ1) is 14.7. The SMILES string of the molecule is CCOC(=O)c1ccccc1O.CCO[Si]. The van der Waals surface area contributed by atoms with Crippen molar-refractivity contribution in [3.63, 3.8) is 0 Å². The van der Waals surface area contributed by atoms with Gasteiger partial charge in [0.05, 0.1) is 6.61 Å². The van der Waals surface area contributed by atoms with E-state index in [1.165, 1.54) is 12.1 Å². The lowest BCUT2D eigenvalue weighted by atomic mass is 10.2. The predicted octanol–water partition coefficient (Wildman–Crippen LogP) is 1.68. The van der Waals surface area contributed by atoms with Gasteiger partial charge in [-0.1, -0.05) is 12.1 Å². The number of carbonyl (C=O) groups is 1. The van der Waals surface area contributed by atoms with Crippen LogP contribution in [0.2, 0.25) is 0 Å². The molecule has 0 spiro atoms. The van der Waals surface area contributed by atoms with Crippen LogP contribution in [0.15, 0.2) is 24.3 Å². The third kappa shape index (κ3) is 5.52. The molecule has 0 aliphatic heterocycles. The lowest BCUT2D eigenvalue weighted by molar-refractivity contribution is 0.0523. The molecule has 16 heavy (non-hydrogen) atoms. The zero-order chi connectivity index (χ0) is 12.4. The monoisotopic (exact) mass is 239 g/mol. The van der Waals surface area contributed by atoms with Crippen LogP contribution < -0.4 is 0 Å². The highest BCUT2D eigenvalue weighted by Crippen LogP contribution is 2.16. The van der Waals surface area contributed by atoms with Crippen molar-refractivity contribution < 1.29 is 19.1 Å². The van der Waals surface area contributed by atoms with E-state index in [1.54, 1.807) is 19.1 Å². The van der Waals surface area contributed by atoms with Gasteiger partial charge in [-0.05, 0) is 26.0 Å². The van der Waals surface area contributed by atoms with Gasteiger partial charge < -0.3 is 14.3 Å². The van der Waals surface area contributed by atoms with Gasteiger partial charge in [0.25, 0.3) is 0 Å². The van der Waals surface area contributed by atoms with E-state index < -0.39 is 5.97 Å². The first-order valence-corrected chi connectivity index (χ1v) is 5.31. The summed E-state index contributed by atoms with van der Waals surface area (Å²) in [6, 6.07) is 6.30. The Morgan fingerprint density at radius 2 is 1.88 bits per heavy atom. The average molecular weight is 239 g/mol. The van der Waals surface area contributed by atoms with Gasteiger partial charge in [-0.2, -0.15) is 0 Å². The second-order valence-electron chi connectivity index (χ2n) is 2.67. The maximum Gasteiger partial charge on any atom is 0.341 e. The van der Waals surface area contributed by atoms with Crippen LogP contribution in [-0.2, 0) is 9.16 Å².